The van der Waals surface area contributed by atoms with Gasteiger partial charge in [0.25, 0.3) is 0 Å². The Bertz CT molecular complexity index is 3120. The Hall–Kier alpha value is -6.24. The van der Waals surface area contributed by atoms with Crippen LogP contribution in [0.3, 0.4) is 0 Å². The van der Waals surface area contributed by atoms with Gasteiger partial charge in [-0.1, -0.05) is 151 Å². The Labute approximate surface area is 290 Å². The van der Waals surface area contributed by atoms with Crippen LogP contribution in [0.1, 0.15) is 11.1 Å². The molecule has 0 aromatic heterocycles. The van der Waals surface area contributed by atoms with Crippen molar-refractivity contribution in [3.63, 3.8) is 0 Å². The molecular formula is C50H32. The molecule has 0 bridgehead atoms. The summed E-state index contributed by atoms with van der Waals surface area (Å²) < 4.78 is 0. The first-order valence-electron chi connectivity index (χ1n) is 17.6. The smallest absolute Gasteiger partial charge is 0.000719 e. The Kier molecular flexibility index (Phi) is 5.61. The zero-order chi connectivity index (χ0) is 33.1. The molecule has 0 fully saturated rings. The lowest BCUT2D eigenvalue weighted by Gasteiger charge is -2.19. The molecule has 0 spiro atoms. The minimum Gasteiger partial charge on any atom is -0.0622 e. The first-order chi connectivity index (χ1) is 24.7. The summed E-state index contributed by atoms with van der Waals surface area (Å²) >= 11 is 0. The molecule has 11 aromatic carbocycles. The second-order valence-corrected chi connectivity index (χ2v) is 14.1. The quantitative estimate of drug-likeness (QED) is 0.170. The van der Waals surface area contributed by atoms with E-state index in [1.807, 2.05) is 0 Å². The van der Waals surface area contributed by atoms with E-state index in [2.05, 4.69) is 172 Å². The fraction of sp³-hybridized carbons (Fsp3) is 0.0400. The van der Waals surface area contributed by atoms with E-state index in [0.29, 0.717) is 0 Å². The molecule has 0 saturated heterocycles. The van der Waals surface area contributed by atoms with Crippen LogP contribution < -0.4 is 0 Å². The molecule has 0 heteroatoms. The topological polar surface area (TPSA) is 0 Å². The Balaban J connectivity index is 1.41. The molecule has 0 amide bonds. The minimum absolute atomic E-state index is 1.25. The summed E-state index contributed by atoms with van der Waals surface area (Å²) in [6.07, 6.45) is 0. The summed E-state index contributed by atoms with van der Waals surface area (Å²) in [5, 5.41) is 18.6. The maximum absolute atomic E-state index is 2.53. The van der Waals surface area contributed by atoms with Crippen molar-refractivity contribution in [2.24, 2.45) is 0 Å². The molecule has 0 N–H and O–H groups in total. The van der Waals surface area contributed by atoms with Gasteiger partial charge in [-0.15, -0.1) is 0 Å². The normalized spacial score (nSPS) is 12.2. The van der Waals surface area contributed by atoms with Gasteiger partial charge in [0.1, 0.15) is 0 Å². The van der Waals surface area contributed by atoms with Gasteiger partial charge < -0.3 is 0 Å². The van der Waals surface area contributed by atoms with Gasteiger partial charge in [0.15, 0.2) is 0 Å². The van der Waals surface area contributed by atoms with Gasteiger partial charge >= 0.3 is 0 Å². The monoisotopic (exact) mass is 632 g/mol. The minimum atomic E-state index is 1.25. The van der Waals surface area contributed by atoms with E-state index in [4.69, 9.17) is 0 Å². The number of benzene rings is 9. The zero-order valence-corrected chi connectivity index (χ0v) is 28.0. The largest absolute Gasteiger partial charge is 0.0622 e. The molecular weight excluding hydrogens is 601 g/mol. The van der Waals surface area contributed by atoms with Crippen LogP contribution >= 0.6 is 0 Å². The van der Waals surface area contributed by atoms with Crippen LogP contribution in [0.4, 0.5) is 0 Å². The van der Waals surface area contributed by atoms with Gasteiger partial charge in [0, 0.05) is 0 Å². The van der Waals surface area contributed by atoms with E-state index in [9.17, 15) is 0 Å². The molecule has 50 heavy (non-hydrogen) atoms. The number of hydrogen-bond acceptors (Lipinski definition) is 0. The molecule has 0 radical (unpaired) electrons. The Morgan fingerprint density at radius 1 is 0.300 bits per heavy atom. The first kappa shape index (κ1) is 27.7. The summed E-state index contributed by atoms with van der Waals surface area (Å²) in [6.45, 7) is 4.40. The number of fused-ring (bicyclic) bond motifs is 8. The first-order valence-corrected chi connectivity index (χ1v) is 17.6. The molecule has 0 atom stereocenters. The molecule has 0 nitrogen and oxygen atoms in total. The third kappa shape index (κ3) is 3.66. The summed E-state index contributed by atoms with van der Waals surface area (Å²) in [6, 6.07) is 59.3. The van der Waals surface area contributed by atoms with Gasteiger partial charge in [-0.2, -0.15) is 0 Å². The fourth-order valence-electron chi connectivity index (χ4n) is 9.21. The zero-order valence-electron chi connectivity index (χ0n) is 28.0. The molecule has 0 unspecified atom stereocenters. The van der Waals surface area contributed by atoms with Crippen LogP contribution in [0.15, 0.2) is 158 Å². The third-order valence-electron chi connectivity index (χ3n) is 11.3. The van der Waals surface area contributed by atoms with Crippen LogP contribution in [-0.4, -0.2) is 0 Å². The molecule has 0 aliphatic rings. The standard InChI is InChI=1S/C50H32/c1-29-22-23-30(2)40(26-29)34-24-25-35-41(27-34)36-18-11-21-39-47(36)42(35)28-43-45(32-12-5-3-6-13-32)49-37-19-9-16-31-17-10-20-38(44(31)37)50(49)46(48(39)43)33-14-7-4-8-15-33/h3-28H,1-2H3. The molecule has 11 rings (SSSR count). The van der Waals surface area contributed by atoms with Crippen molar-refractivity contribution in [2.45, 2.75) is 13.8 Å². The Morgan fingerprint density at radius 2 is 0.920 bits per heavy atom. The average molecular weight is 633 g/mol. The fourth-order valence-corrected chi connectivity index (χ4v) is 9.21. The van der Waals surface area contributed by atoms with Gasteiger partial charge in [0.2, 0.25) is 0 Å². The van der Waals surface area contributed by atoms with Crippen LogP contribution in [-0.2, 0) is 0 Å². The van der Waals surface area contributed by atoms with Crippen molar-refractivity contribution in [3.05, 3.63) is 169 Å². The van der Waals surface area contributed by atoms with E-state index in [0.717, 1.165) is 0 Å². The average Bonchev–Trinajstić information content (AvgIpc) is 3.66. The van der Waals surface area contributed by atoms with Crippen molar-refractivity contribution in [1.29, 1.82) is 0 Å². The van der Waals surface area contributed by atoms with E-state index in [1.54, 1.807) is 0 Å². The van der Waals surface area contributed by atoms with E-state index < -0.39 is 0 Å². The van der Waals surface area contributed by atoms with Gasteiger partial charge in [-0.3, -0.25) is 0 Å². The lowest BCUT2D eigenvalue weighted by molar-refractivity contribution is 1.39. The SMILES string of the molecule is Cc1ccc(C)c(-c2ccc3c(c2)c2cccc4c5c(-c6ccccc6)c6c7cccc8cccc(c6c(-c6ccccc6)c5cc3c24)c87)c1. The molecule has 0 saturated carbocycles. The second kappa shape index (κ2) is 10.1. The molecule has 232 valence electrons. The summed E-state index contributed by atoms with van der Waals surface area (Å²) in [7, 11) is 0. The lowest BCUT2D eigenvalue weighted by atomic mass is 9.84. The van der Waals surface area contributed by atoms with Crippen molar-refractivity contribution in [3.8, 4) is 33.4 Å². The lowest BCUT2D eigenvalue weighted by Crippen LogP contribution is -1.91. The van der Waals surface area contributed by atoms with Crippen LogP contribution in [0.5, 0.6) is 0 Å². The summed E-state index contributed by atoms with van der Waals surface area (Å²) in [4.78, 5) is 0. The van der Waals surface area contributed by atoms with Crippen LogP contribution in [0, 0.1) is 13.8 Å². The number of aryl methyl sites for hydroxylation is 2. The molecule has 11 aromatic rings. The van der Waals surface area contributed by atoms with Gasteiger partial charge in [0.05, 0.1) is 0 Å². The van der Waals surface area contributed by atoms with E-state index in [-0.39, 0.29) is 0 Å². The Morgan fingerprint density at radius 3 is 1.64 bits per heavy atom. The van der Waals surface area contributed by atoms with Crippen molar-refractivity contribution in [1.82, 2.24) is 0 Å². The number of rotatable bonds is 3. The maximum atomic E-state index is 2.53. The molecule has 0 heterocycles. The van der Waals surface area contributed by atoms with E-state index >= 15 is 0 Å². The van der Waals surface area contributed by atoms with Crippen molar-refractivity contribution < 1.29 is 0 Å². The van der Waals surface area contributed by atoms with Crippen LogP contribution in [0.25, 0.3) is 109 Å². The highest BCUT2D eigenvalue weighted by atomic mass is 14.3. The van der Waals surface area contributed by atoms with E-state index in [1.165, 1.54) is 120 Å². The predicted molar refractivity (Wildman–Crippen MR) is 217 cm³/mol. The maximum Gasteiger partial charge on any atom is -0.000719 e. The summed E-state index contributed by atoms with van der Waals surface area (Å²) in [5.41, 5.74) is 10.3. The highest BCUT2D eigenvalue weighted by Crippen LogP contribution is 2.54. The number of hydrogen-bond donors (Lipinski definition) is 0. The second-order valence-electron chi connectivity index (χ2n) is 14.1. The predicted octanol–water partition coefficient (Wildman–Crippen LogP) is 14.3. The highest BCUT2D eigenvalue weighted by molar-refractivity contribution is 6.44. The highest BCUT2D eigenvalue weighted by Gasteiger charge is 2.26. The molecule has 0 aliphatic carbocycles. The molecule has 0 aliphatic heterocycles. The summed E-state index contributed by atoms with van der Waals surface area (Å²) in [5.74, 6) is 0. The van der Waals surface area contributed by atoms with Gasteiger partial charge in [-0.25, -0.2) is 0 Å². The van der Waals surface area contributed by atoms with Crippen LogP contribution in [0.2, 0.25) is 0 Å². The van der Waals surface area contributed by atoms with Crippen molar-refractivity contribution >= 4 is 75.4 Å². The van der Waals surface area contributed by atoms with Crippen molar-refractivity contribution in [2.75, 3.05) is 0 Å². The van der Waals surface area contributed by atoms with Gasteiger partial charge in [-0.05, 0) is 140 Å². The third-order valence-corrected chi connectivity index (χ3v) is 11.3.